The first kappa shape index (κ1) is 26.1. The van der Waals surface area contributed by atoms with Crippen LogP contribution in [0.3, 0.4) is 0 Å². The lowest BCUT2D eigenvalue weighted by atomic mass is 9.96. The molecule has 5 rings (SSSR count). The van der Waals surface area contributed by atoms with Gasteiger partial charge in [-0.15, -0.1) is 0 Å². The summed E-state index contributed by atoms with van der Waals surface area (Å²) in [6.07, 6.45) is 0. The Kier molecular flexibility index (Phi) is 7.90. The molecule has 6 nitrogen and oxygen atoms in total. The second-order valence-corrected chi connectivity index (χ2v) is 11.5. The number of anilines is 1. The fraction of sp³-hybridized carbons (Fsp3) is 0.167. The molecule has 1 saturated heterocycles. The zero-order valence-corrected chi connectivity index (χ0v) is 22.3. The number of carbonyl (C=O) groups is 1. The van der Waals surface area contributed by atoms with Crippen LogP contribution < -0.4 is 5.32 Å². The van der Waals surface area contributed by atoms with Gasteiger partial charge in [0.05, 0.1) is 10.9 Å². The van der Waals surface area contributed by atoms with E-state index in [9.17, 15) is 13.2 Å². The molecule has 0 aliphatic carbocycles. The molecule has 4 aromatic rings. The van der Waals surface area contributed by atoms with Crippen LogP contribution in [0.2, 0.25) is 5.02 Å². The van der Waals surface area contributed by atoms with Gasteiger partial charge in [-0.1, -0.05) is 72.3 Å². The van der Waals surface area contributed by atoms with Gasteiger partial charge in [-0.25, -0.2) is 8.42 Å². The summed E-state index contributed by atoms with van der Waals surface area (Å²) in [7, 11) is -3.66. The molecule has 0 saturated carbocycles. The van der Waals surface area contributed by atoms with E-state index < -0.39 is 10.0 Å². The zero-order valence-electron chi connectivity index (χ0n) is 20.7. The lowest BCUT2D eigenvalue weighted by Gasteiger charge is -2.39. The van der Waals surface area contributed by atoms with Gasteiger partial charge in [0, 0.05) is 42.5 Å². The molecule has 0 atom stereocenters. The van der Waals surface area contributed by atoms with E-state index in [1.165, 1.54) is 27.6 Å². The van der Waals surface area contributed by atoms with E-state index in [0.717, 1.165) is 0 Å². The number of rotatable bonds is 7. The second kappa shape index (κ2) is 11.5. The minimum Gasteiger partial charge on any atom is -0.322 e. The van der Waals surface area contributed by atoms with Gasteiger partial charge in [0.25, 0.3) is 5.91 Å². The zero-order chi connectivity index (χ0) is 26.5. The molecular weight excluding hydrogens is 518 g/mol. The molecular formula is C30H28ClN3O3S. The van der Waals surface area contributed by atoms with E-state index in [2.05, 4.69) is 34.5 Å². The van der Waals surface area contributed by atoms with Crippen LogP contribution in [0.5, 0.6) is 0 Å². The summed E-state index contributed by atoms with van der Waals surface area (Å²) in [4.78, 5) is 15.0. The number of nitrogens with zero attached hydrogens (tertiary/aromatic N) is 2. The van der Waals surface area contributed by atoms with Gasteiger partial charge in [0.15, 0.2) is 0 Å². The minimum absolute atomic E-state index is 0.0609. The fourth-order valence-electron chi connectivity index (χ4n) is 4.75. The maximum Gasteiger partial charge on any atom is 0.255 e. The topological polar surface area (TPSA) is 69.7 Å². The molecule has 1 heterocycles. The van der Waals surface area contributed by atoms with Gasteiger partial charge in [0.1, 0.15) is 0 Å². The van der Waals surface area contributed by atoms with Crippen molar-refractivity contribution < 1.29 is 13.2 Å². The van der Waals surface area contributed by atoms with Gasteiger partial charge < -0.3 is 5.32 Å². The number of hydrogen-bond donors (Lipinski definition) is 1. The van der Waals surface area contributed by atoms with Crippen molar-refractivity contribution in [2.75, 3.05) is 31.5 Å². The van der Waals surface area contributed by atoms with E-state index in [0.29, 0.717) is 42.5 Å². The van der Waals surface area contributed by atoms with Gasteiger partial charge in [-0.05, 0) is 59.7 Å². The standard InChI is InChI=1S/C30H28ClN3O3S/c31-26-13-11-25(12-14-26)30(35)32-27-15-17-28(18-16-27)38(36,37)34-21-19-33(20-22-34)29(23-7-3-1-4-8-23)24-9-5-2-6-10-24/h1-18,29H,19-22H2,(H,32,35). The Bertz CT molecular complexity index is 1430. The van der Waals surface area contributed by atoms with Gasteiger partial charge in [-0.2, -0.15) is 4.31 Å². The molecule has 0 unspecified atom stereocenters. The number of benzene rings is 4. The van der Waals surface area contributed by atoms with E-state index in [1.54, 1.807) is 36.4 Å². The van der Waals surface area contributed by atoms with Crippen molar-refractivity contribution in [1.82, 2.24) is 9.21 Å². The molecule has 1 aliphatic rings. The number of sulfonamides is 1. The first-order chi connectivity index (χ1) is 18.4. The SMILES string of the molecule is O=C(Nc1ccc(S(=O)(=O)N2CCN(C(c3ccccc3)c3ccccc3)CC2)cc1)c1ccc(Cl)cc1. The number of carbonyl (C=O) groups excluding carboxylic acids is 1. The maximum atomic E-state index is 13.4. The molecule has 0 bridgehead atoms. The third-order valence-corrected chi connectivity index (χ3v) is 8.89. The van der Waals surface area contributed by atoms with E-state index in [1.807, 2.05) is 36.4 Å². The van der Waals surface area contributed by atoms with E-state index in [4.69, 9.17) is 11.6 Å². The molecule has 1 N–H and O–H groups in total. The third kappa shape index (κ3) is 5.81. The number of halogens is 1. The monoisotopic (exact) mass is 545 g/mol. The quantitative estimate of drug-likeness (QED) is 0.324. The van der Waals surface area contributed by atoms with Crippen LogP contribution in [0, 0.1) is 0 Å². The Balaban J connectivity index is 1.26. The highest BCUT2D eigenvalue weighted by atomic mass is 35.5. The summed E-state index contributed by atoms with van der Waals surface area (Å²) in [5.74, 6) is -0.292. The van der Waals surface area contributed by atoms with Gasteiger partial charge >= 0.3 is 0 Å². The Morgan fingerprint density at radius 2 is 1.24 bits per heavy atom. The predicted octanol–water partition coefficient (Wildman–Crippen LogP) is 5.69. The minimum atomic E-state index is -3.66. The van der Waals surface area contributed by atoms with Crippen molar-refractivity contribution in [2.45, 2.75) is 10.9 Å². The molecule has 0 aromatic heterocycles. The summed E-state index contributed by atoms with van der Waals surface area (Å²) < 4.78 is 28.3. The van der Waals surface area contributed by atoms with Gasteiger partial charge in [-0.3, -0.25) is 9.69 Å². The highest BCUT2D eigenvalue weighted by Crippen LogP contribution is 2.30. The molecule has 8 heteroatoms. The van der Waals surface area contributed by atoms with Crippen LogP contribution in [0.1, 0.15) is 27.5 Å². The summed E-state index contributed by atoms with van der Waals surface area (Å²) in [5.41, 5.74) is 3.35. The normalized spacial score (nSPS) is 14.9. The molecule has 0 radical (unpaired) electrons. The van der Waals surface area contributed by atoms with Crippen LogP contribution >= 0.6 is 11.6 Å². The molecule has 38 heavy (non-hydrogen) atoms. The highest BCUT2D eigenvalue weighted by Gasteiger charge is 2.32. The largest absolute Gasteiger partial charge is 0.322 e. The number of piperazine rings is 1. The van der Waals surface area contributed by atoms with E-state index in [-0.39, 0.29) is 16.8 Å². The summed E-state index contributed by atoms with van der Waals surface area (Å²) >= 11 is 5.88. The number of nitrogens with one attached hydrogen (secondary N) is 1. The van der Waals surface area contributed by atoms with Crippen molar-refractivity contribution in [3.8, 4) is 0 Å². The number of hydrogen-bond acceptors (Lipinski definition) is 4. The molecule has 0 spiro atoms. The van der Waals surface area contributed by atoms with Gasteiger partial charge in [0.2, 0.25) is 10.0 Å². The van der Waals surface area contributed by atoms with Crippen molar-refractivity contribution >= 4 is 33.2 Å². The Morgan fingerprint density at radius 1 is 0.711 bits per heavy atom. The van der Waals surface area contributed by atoms with E-state index >= 15 is 0 Å². The summed E-state index contributed by atoms with van der Waals surface area (Å²) in [6.45, 7) is 2.02. The second-order valence-electron chi connectivity index (χ2n) is 9.15. The van der Waals surface area contributed by atoms with Crippen LogP contribution in [0.4, 0.5) is 5.69 Å². The average Bonchev–Trinajstić information content (AvgIpc) is 2.95. The molecule has 194 valence electrons. The third-order valence-electron chi connectivity index (χ3n) is 6.73. The van der Waals surface area contributed by atoms with Crippen LogP contribution in [0.25, 0.3) is 0 Å². The number of amides is 1. The fourth-order valence-corrected chi connectivity index (χ4v) is 6.30. The van der Waals surface area contributed by atoms with Crippen molar-refractivity contribution in [3.05, 3.63) is 131 Å². The Morgan fingerprint density at radius 3 is 1.76 bits per heavy atom. The van der Waals surface area contributed by atoms with Crippen LogP contribution in [-0.2, 0) is 10.0 Å². The Labute approximate surface area is 228 Å². The lowest BCUT2D eigenvalue weighted by Crippen LogP contribution is -2.49. The molecule has 1 amide bonds. The van der Waals surface area contributed by atoms with Crippen molar-refractivity contribution in [3.63, 3.8) is 0 Å². The molecule has 4 aromatic carbocycles. The first-order valence-electron chi connectivity index (χ1n) is 12.4. The van der Waals surface area contributed by atoms with Crippen molar-refractivity contribution in [1.29, 1.82) is 0 Å². The van der Waals surface area contributed by atoms with Crippen LogP contribution in [0.15, 0.2) is 114 Å². The molecule has 1 fully saturated rings. The lowest BCUT2D eigenvalue weighted by molar-refractivity contribution is 0.102. The Hall–Kier alpha value is -3.49. The van der Waals surface area contributed by atoms with Crippen molar-refractivity contribution in [2.24, 2.45) is 0 Å². The average molecular weight is 546 g/mol. The highest BCUT2D eigenvalue weighted by molar-refractivity contribution is 7.89. The maximum absolute atomic E-state index is 13.4. The molecule has 1 aliphatic heterocycles. The van der Waals surface area contributed by atoms with Crippen LogP contribution in [-0.4, -0.2) is 49.7 Å². The summed E-state index contributed by atoms with van der Waals surface area (Å²) in [5, 5.41) is 3.34. The predicted molar refractivity (Wildman–Crippen MR) is 151 cm³/mol. The smallest absolute Gasteiger partial charge is 0.255 e. The first-order valence-corrected chi connectivity index (χ1v) is 14.2. The summed E-state index contributed by atoms with van der Waals surface area (Å²) in [6, 6.07) is 33.5.